The Morgan fingerprint density at radius 2 is 1.86 bits per heavy atom. The smallest absolute Gasteiger partial charge is 0.254 e. The average Bonchev–Trinajstić information content (AvgIpc) is 2.72. The molecule has 0 radical (unpaired) electrons. The van der Waals surface area contributed by atoms with Crippen molar-refractivity contribution in [2.24, 2.45) is 0 Å². The van der Waals surface area contributed by atoms with Crippen LogP contribution in [0.5, 0.6) is 5.75 Å². The molecule has 3 rings (SSSR count). The van der Waals surface area contributed by atoms with Gasteiger partial charge < -0.3 is 15.4 Å². The number of carbonyl (C=O) groups excluding carboxylic acids is 1. The van der Waals surface area contributed by atoms with Gasteiger partial charge in [0.15, 0.2) is 0 Å². The summed E-state index contributed by atoms with van der Waals surface area (Å²) in [6.45, 7) is 2.71. The van der Waals surface area contributed by atoms with E-state index in [2.05, 4.69) is 20.6 Å². The number of nitrogens with one attached hydrogen (secondary N) is 2. The molecule has 1 amide bonds. The van der Waals surface area contributed by atoms with Crippen molar-refractivity contribution < 1.29 is 9.53 Å². The van der Waals surface area contributed by atoms with Crippen LogP contribution < -0.4 is 15.4 Å². The van der Waals surface area contributed by atoms with Crippen LogP contribution in [-0.4, -0.2) is 23.0 Å². The summed E-state index contributed by atoms with van der Waals surface area (Å²) in [5.41, 5.74) is 3.00. The first-order valence-corrected chi connectivity index (χ1v) is 9.16. The lowest BCUT2D eigenvalue weighted by Gasteiger charge is -2.11. The zero-order valence-electron chi connectivity index (χ0n) is 15.7. The fourth-order valence-electron chi connectivity index (χ4n) is 2.68. The Morgan fingerprint density at radius 1 is 1.11 bits per heavy atom. The minimum Gasteiger partial charge on any atom is -0.496 e. The lowest BCUT2D eigenvalue weighted by atomic mass is 10.2. The fraction of sp³-hybridized carbons (Fsp3) is 0.190. The Labute approximate surface area is 168 Å². The Hall–Kier alpha value is -3.12. The summed E-state index contributed by atoms with van der Waals surface area (Å²) < 4.78 is 5.34. The molecular formula is C21H21ClN4O2. The van der Waals surface area contributed by atoms with E-state index in [0.717, 1.165) is 16.9 Å². The maximum Gasteiger partial charge on any atom is 0.254 e. The molecule has 0 bridgehead atoms. The quantitative estimate of drug-likeness (QED) is 0.631. The zero-order chi connectivity index (χ0) is 19.9. The van der Waals surface area contributed by atoms with E-state index in [1.165, 1.54) is 6.20 Å². The molecule has 3 aromatic rings. The van der Waals surface area contributed by atoms with Gasteiger partial charge in [0.2, 0.25) is 5.95 Å². The molecule has 6 nitrogen and oxygen atoms in total. The number of benzene rings is 2. The Bertz CT molecular complexity index is 961. The van der Waals surface area contributed by atoms with Gasteiger partial charge in [-0.1, -0.05) is 41.9 Å². The SMILES string of the molecule is COc1ccccc1CNc1ncc(C(=O)NCc2ccc(Cl)cc2)c(C)n1. The van der Waals surface area contributed by atoms with E-state index in [4.69, 9.17) is 16.3 Å². The molecule has 0 spiro atoms. The third-order valence-electron chi connectivity index (χ3n) is 4.22. The van der Waals surface area contributed by atoms with Gasteiger partial charge in [0.1, 0.15) is 5.75 Å². The van der Waals surface area contributed by atoms with E-state index in [9.17, 15) is 4.79 Å². The standard InChI is InChI=1S/C21H21ClN4O2/c1-14-18(20(27)23-11-15-7-9-17(22)10-8-15)13-25-21(26-14)24-12-16-5-3-4-6-19(16)28-2/h3-10,13H,11-12H2,1-2H3,(H,23,27)(H,24,25,26). The van der Waals surface area contributed by atoms with Gasteiger partial charge in [0.25, 0.3) is 5.91 Å². The number of ether oxygens (including phenoxy) is 1. The van der Waals surface area contributed by atoms with Gasteiger partial charge >= 0.3 is 0 Å². The highest BCUT2D eigenvalue weighted by molar-refractivity contribution is 6.30. The molecule has 1 heterocycles. The van der Waals surface area contributed by atoms with E-state index in [1.807, 2.05) is 36.4 Å². The van der Waals surface area contributed by atoms with Gasteiger partial charge in [0, 0.05) is 29.9 Å². The minimum atomic E-state index is -0.219. The van der Waals surface area contributed by atoms with Crippen LogP contribution in [0.2, 0.25) is 5.02 Å². The van der Waals surface area contributed by atoms with Gasteiger partial charge in [-0.2, -0.15) is 0 Å². The van der Waals surface area contributed by atoms with E-state index >= 15 is 0 Å². The number of hydrogen-bond donors (Lipinski definition) is 2. The van der Waals surface area contributed by atoms with Crippen LogP contribution >= 0.6 is 11.6 Å². The molecule has 2 aromatic carbocycles. The second-order valence-corrected chi connectivity index (χ2v) is 6.60. The van der Waals surface area contributed by atoms with Crippen molar-refractivity contribution in [3.05, 3.63) is 82.1 Å². The number of anilines is 1. The molecule has 0 aliphatic rings. The lowest BCUT2D eigenvalue weighted by Crippen LogP contribution is -2.24. The number of carbonyl (C=O) groups is 1. The maximum atomic E-state index is 12.4. The predicted octanol–water partition coefficient (Wildman–Crippen LogP) is 3.99. The number of amides is 1. The first-order chi connectivity index (χ1) is 13.6. The Balaban J connectivity index is 1.61. The van der Waals surface area contributed by atoms with Gasteiger partial charge in [0.05, 0.1) is 18.4 Å². The highest BCUT2D eigenvalue weighted by Crippen LogP contribution is 2.18. The largest absolute Gasteiger partial charge is 0.496 e. The summed E-state index contributed by atoms with van der Waals surface area (Å²) >= 11 is 5.87. The highest BCUT2D eigenvalue weighted by Gasteiger charge is 2.12. The fourth-order valence-corrected chi connectivity index (χ4v) is 2.80. The van der Waals surface area contributed by atoms with Crippen LogP contribution in [-0.2, 0) is 13.1 Å². The van der Waals surface area contributed by atoms with Crippen LogP contribution in [0.1, 0.15) is 27.2 Å². The molecule has 0 aliphatic heterocycles. The van der Waals surface area contributed by atoms with E-state index in [0.29, 0.717) is 35.3 Å². The number of aromatic nitrogens is 2. The minimum absolute atomic E-state index is 0.219. The molecule has 0 saturated carbocycles. The average molecular weight is 397 g/mol. The van der Waals surface area contributed by atoms with Crippen LogP contribution in [0.4, 0.5) is 5.95 Å². The van der Waals surface area contributed by atoms with E-state index in [-0.39, 0.29) is 5.91 Å². The Kier molecular flexibility index (Phi) is 6.45. The summed E-state index contributed by atoms with van der Waals surface area (Å²) in [5, 5.41) is 6.69. The van der Waals surface area contributed by atoms with Gasteiger partial charge in [-0.05, 0) is 30.7 Å². The first-order valence-electron chi connectivity index (χ1n) is 8.79. The Morgan fingerprint density at radius 3 is 2.57 bits per heavy atom. The van der Waals surface area contributed by atoms with Crippen LogP contribution in [0.3, 0.4) is 0 Å². The molecule has 144 valence electrons. The number of hydrogen-bond acceptors (Lipinski definition) is 5. The molecule has 28 heavy (non-hydrogen) atoms. The number of aryl methyl sites for hydroxylation is 1. The number of methoxy groups -OCH3 is 1. The van der Waals surface area contributed by atoms with Crippen molar-refractivity contribution in [1.29, 1.82) is 0 Å². The molecule has 0 atom stereocenters. The number of para-hydroxylation sites is 1. The van der Waals surface area contributed by atoms with Crippen LogP contribution in [0.25, 0.3) is 0 Å². The predicted molar refractivity (Wildman–Crippen MR) is 110 cm³/mol. The topological polar surface area (TPSA) is 76.1 Å². The third-order valence-corrected chi connectivity index (χ3v) is 4.47. The van der Waals surface area contributed by atoms with Crippen molar-refractivity contribution in [3.8, 4) is 5.75 Å². The van der Waals surface area contributed by atoms with Crippen molar-refractivity contribution >= 4 is 23.5 Å². The van der Waals surface area contributed by atoms with Crippen molar-refractivity contribution in [2.45, 2.75) is 20.0 Å². The third kappa shape index (κ3) is 4.98. The van der Waals surface area contributed by atoms with E-state index < -0.39 is 0 Å². The zero-order valence-corrected chi connectivity index (χ0v) is 16.5. The summed E-state index contributed by atoms with van der Waals surface area (Å²) in [7, 11) is 1.64. The second kappa shape index (κ2) is 9.19. The molecule has 1 aromatic heterocycles. The lowest BCUT2D eigenvalue weighted by molar-refractivity contribution is 0.0949. The molecule has 0 fully saturated rings. The molecule has 2 N–H and O–H groups in total. The molecular weight excluding hydrogens is 376 g/mol. The monoisotopic (exact) mass is 396 g/mol. The van der Waals surface area contributed by atoms with Gasteiger partial charge in [-0.25, -0.2) is 9.97 Å². The van der Waals surface area contributed by atoms with Crippen molar-refractivity contribution in [3.63, 3.8) is 0 Å². The van der Waals surface area contributed by atoms with Gasteiger partial charge in [-0.3, -0.25) is 4.79 Å². The summed E-state index contributed by atoms with van der Waals surface area (Å²) in [6.07, 6.45) is 1.53. The van der Waals surface area contributed by atoms with E-state index in [1.54, 1.807) is 26.2 Å². The maximum absolute atomic E-state index is 12.4. The van der Waals surface area contributed by atoms with Crippen LogP contribution in [0, 0.1) is 6.92 Å². The second-order valence-electron chi connectivity index (χ2n) is 6.17. The first kappa shape index (κ1) is 19.6. The van der Waals surface area contributed by atoms with Crippen molar-refractivity contribution in [2.75, 3.05) is 12.4 Å². The molecule has 7 heteroatoms. The molecule has 0 unspecified atom stereocenters. The normalized spacial score (nSPS) is 10.4. The number of nitrogens with zero attached hydrogens (tertiary/aromatic N) is 2. The van der Waals surface area contributed by atoms with Gasteiger partial charge in [-0.15, -0.1) is 0 Å². The van der Waals surface area contributed by atoms with Crippen LogP contribution in [0.15, 0.2) is 54.7 Å². The summed E-state index contributed by atoms with van der Waals surface area (Å²) in [5.74, 6) is 1.03. The molecule has 0 saturated heterocycles. The highest BCUT2D eigenvalue weighted by atomic mass is 35.5. The number of rotatable bonds is 7. The summed E-state index contributed by atoms with van der Waals surface area (Å²) in [6, 6.07) is 15.1. The summed E-state index contributed by atoms with van der Waals surface area (Å²) in [4.78, 5) is 21.1. The number of halogens is 1. The van der Waals surface area contributed by atoms with Crippen molar-refractivity contribution in [1.82, 2.24) is 15.3 Å². The molecule has 0 aliphatic carbocycles.